The summed E-state index contributed by atoms with van der Waals surface area (Å²) in [4.78, 5) is 40.3. The smallest absolute Gasteiger partial charge is 0.243 e. The number of thiazole rings is 1. The van der Waals surface area contributed by atoms with Crippen molar-refractivity contribution in [2.24, 2.45) is 11.8 Å². The average Bonchev–Trinajstić information content (AvgIpc) is 3.28. The number of likely N-dealkylation sites (tertiary alicyclic amines) is 1. The number of rotatable bonds is 6. The minimum atomic E-state index is -0.354. The van der Waals surface area contributed by atoms with Gasteiger partial charge in [0.2, 0.25) is 11.8 Å². The van der Waals surface area contributed by atoms with Gasteiger partial charge in [-0.3, -0.25) is 24.5 Å². The Morgan fingerprint density at radius 3 is 2.94 bits per heavy atom. The van der Waals surface area contributed by atoms with Gasteiger partial charge >= 0.3 is 0 Å². The van der Waals surface area contributed by atoms with Gasteiger partial charge in [-0.1, -0.05) is 6.07 Å². The van der Waals surface area contributed by atoms with Crippen LogP contribution in [0.15, 0.2) is 36.2 Å². The second kappa shape index (κ2) is 9.04. The van der Waals surface area contributed by atoms with Gasteiger partial charge in [-0.25, -0.2) is 0 Å². The van der Waals surface area contributed by atoms with Crippen molar-refractivity contribution in [3.63, 3.8) is 0 Å². The summed E-state index contributed by atoms with van der Waals surface area (Å²) < 4.78 is 0. The van der Waals surface area contributed by atoms with E-state index in [9.17, 15) is 9.59 Å². The maximum atomic E-state index is 13.4. The number of nitrogens with one attached hydrogen (secondary N) is 1. The highest BCUT2D eigenvalue weighted by atomic mass is 32.1. The molecule has 3 fully saturated rings. The topological polar surface area (TPSA) is 78.4 Å². The molecule has 3 aliphatic heterocycles. The van der Waals surface area contributed by atoms with Gasteiger partial charge in [-0.15, -0.1) is 11.3 Å². The molecule has 0 aromatic carbocycles. The van der Waals surface area contributed by atoms with Gasteiger partial charge in [0.15, 0.2) is 0 Å². The zero-order chi connectivity index (χ0) is 21.2. The Hall–Kier alpha value is -2.32. The SMILES string of the molecule is O=C(NCCc1cccnc1)[C@H]1[C@H]2C[C@H](CN(Cc3cncs3)C2)[C@@H]2CCCC(=O)N21. The largest absolute Gasteiger partial charge is 0.354 e. The van der Waals surface area contributed by atoms with E-state index in [1.807, 2.05) is 34.9 Å². The monoisotopic (exact) mass is 439 g/mol. The van der Waals surface area contributed by atoms with Crippen LogP contribution in [0, 0.1) is 11.8 Å². The van der Waals surface area contributed by atoms with Gasteiger partial charge in [0.1, 0.15) is 6.04 Å². The van der Waals surface area contributed by atoms with Gasteiger partial charge in [0.25, 0.3) is 0 Å². The van der Waals surface area contributed by atoms with Gasteiger partial charge in [0, 0.05) is 68.0 Å². The van der Waals surface area contributed by atoms with Crippen LogP contribution in [0.1, 0.15) is 36.1 Å². The standard InChI is InChI=1S/C23H29N5O2S/c29-21-5-1-4-20-17-9-18(13-27(12-17)14-19-11-25-15-31-19)22(28(20)21)23(30)26-8-6-16-3-2-7-24-10-16/h2-3,7,10-11,15,17-18,20,22H,1,4-6,8-9,12-14H2,(H,26,30)/t17-,18+,20+,22-/m1/s1. The lowest BCUT2D eigenvalue weighted by molar-refractivity contribution is -0.160. The van der Waals surface area contributed by atoms with E-state index >= 15 is 0 Å². The van der Waals surface area contributed by atoms with Gasteiger partial charge in [-0.2, -0.15) is 0 Å². The molecule has 164 valence electrons. The van der Waals surface area contributed by atoms with Crippen LogP contribution in [0.4, 0.5) is 0 Å². The maximum absolute atomic E-state index is 13.4. The van der Waals surface area contributed by atoms with Gasteiger partial charge in [0.05, 0.1) is 5.51 Å². The van der Waals surface area contributed by atoms with E-state index in [2.05, 4.69) is 20.2 Å². The fourth-order valence-electron chi connectivity index (χ4n) is 5.74. The summed E-state index contributed by atoms with van der Waals surface area (Å²) in [6.07, 6.45) is 9.82. The zero-order valence-corrected chi connectivity index (χ0v) is 18.5. The van der Waals surface area contributed by atoms with Crippen molar-refractivity contribution in [2.45, 2.75) is 50.7 Å². The zero-order valence-electron chi connectivity index (χ0n) is 17.7. The molecular weight excluding hydrogens is 410 g/mol. The quantitative estimate of drug-likeness (QED) is 0.746. The molecule has 2 amide bonds. The lowest BCUT2D eigenvalue weighted by atomic mass is 9.71. The summed E-state index contributed by atoms with van der Waals surface area (Å²) in [5, 5.41) is 3.13. The number of amides is 2. The summed E-state index contributed by atoms with van der Waals surface area (Å²) in [5.74, 6) is 0.806. The van der Waals surface area contributed by atoms with E-state index in [1.165, 1.54) is 4.88 Å². The van der Waals surface area contributed by atoms with Crippen LogP contribution < -0.4 is 5.32 Å². The van der Waals surface area contributed by atoms with Crippen molar-refractivity contribution in [3.05, 3.63) is 46.7 Å². The van der Waals surface area contributed by atoms with Crippen LogP contribution in [0.3, 0.4) is 0 Å². The third-order valence-electron chi connectivity index (χ3n) is 6.98. The van der Waals surface area contributed by atoms with Crippen molar-refractivity contribution in [2.75, 3.05) is 19.6 Å². The highest BCUT2D eigenvalue weighted by molar-refractivity contribution is 7.09. The molecule has 4 atom stereocenters. The van der Waals surface area contributed by atoms with Crippen molar-refractivity contribution in [1.29, 1.82) is 0 Å². The number of nitrogens with zero attached hydrogens (tertiary/aromatic N) is 4. The van der Waals surface area contributed by atoms with E-state index in [0.717, 1.165) is 50.9 Å². The first-order valence-electron chi connectivity index (χ1n) is 11.3. The number of hydrogen-bond acceptors (Lipinski definition) is 6. The van der Waals surface area contributed by atoms with Gasteiger partial charge in [-0.05, 0) is 43.2 Å². The third-order valence-corrected chi connectivity index (χ3v) is 7.75. The maximum Gasteiger partial charge on any atom is 0.243 e. The Labute approximate surface area is 186 Å². The third kappa shape index (κ3) is 4.36. The summed E-state index contributed by atoms with van der Waals surface area (Å²) >= 11 is 1.68. The first-order valence-corrected chi connectivity index (χ1v) is 12.1. The summed E-state index contributed by atoms with van der Waals surface area (Å²) in [6.45, 7) is 3.30. The Kier molecular flexibility index (Phi) is 6.00. The number of hydrogen-bond donors (Lipinski definition) is 1. The molecule has 1 N–H and O–H groups in total. The number of fused-ring (bicyclic) bond motifs is 4. The molecule has 2 aromatic rings. The number of pyridine rings is 1. The van der Waals surface area contributed by atoms with Crippen molar-refractivity contribution >= 4 is 23.2 Å². The fraction of sp³-hybridized carbons (Fsp3) is 0.565. The lowest BCUT2D eigenvalue weighted by Crippen LogP contribution is -2.68. The molecular formula is C23H29N5O2S. The predicted molar refractivity (Wildman–Crippen MR) is 118 cm³/mol. The van der Waals surface area contributed by atoms with Crippen LogP contribution in [-0.4, -0.2) is 63.3 Å². The number of aromatic nitrogens is 2. The Morgan fingerprint density at radius 1 is 1.23 bits per heavy atom. The molecule has 2 bridgehead atoms. The van der Waals surface area contributed by atoms with E-state index in [1.54, 1.807) is 17.5 Å². The second-order valence-electron chi connectivity index (χ2n) is 9.03. The predicted octanol–water partition coefficient (Wildman–Crippen LogP) is 2.10. The Bertz CT molecular complexity index is 906. The van der Waals surface area contributed by atoms with Crippen molar-refractivity contribution < 1.29 is 9.59 Å². The molecule has 7 nitrogen and oxygen atoms in total. The Morgan fingerprint density at radius 2 is 2.13 bits per heavy atom. The van der Waals surface area contributed by atoms with E-state index < -0.39 is 0 Å². The minimum absolute atomic E-state index is 0.00669. The van der Waals surface area contributed by atoms with Crippen molar-refractivity contribution in [3.8, 4) is 0 Å². The highest BCUT2D eigenvalue weighted by Gasteiger charge is 2.51. The van der Waals surface area contributed by atoms with Crippen LogP contribution in [0.25, 0.3) is 0 Å². The van der Waals surface area contributed by atoms with E-state index in [-0.39, 0.29) is 29.8 Å². The van der Waals surface area contributed by atoms with Crippen LogP contribution >= 0.6 is 11.3 Å². The normalized spacial score (nSPS) is 28.3. The molecule has 3 saturated heterocycles. The molecule has 0 radical (unpaired) electrons. The summed E-state index contributed by atoms with van der Waals surface area (Å²) in [5.41, 5.74) is 2.98. The average molecular weight is 440 g/mol. The van der Waals surface area contributed by atoms with Crippen molar-refractivity contribution in [1.82, 2.24) is 25.1 Å². The second-order valence-corrected chi connectivity index (χ2v) is 10.00. The number of carbonyl (C=O) groups is 2. The first-order chi connectivity index (χ1) is 15.2. The molecule has 2 aromatic heterocycles. The van der Waals surface area contributed by atoms with Crippen LogP contribution in [0.5, 0.6) is 0 Å². The first kappa shape index (κ1) is 20.6. The number of piperidine rings is 3. The summed E-state index contributed by atoms with van der Waals surface area (Å²) in [6, 6.07) is 3.77. The molecule has 0 unspecified atom stereocenters. The number of carbonyl (C=O) groups excluding carboxylic acids is 2. The molecule has 5 heterocycles. The molecule has 0 spiro atoms. The molecule has 5 rings (SSSR count). The Balaban J connectivity index is 1.31. The minimum Gasteiger partial charge on any atom is -0.354 e. The highest BCUT2D eigenvalue weighted by Crippen LogP contribution is 2.42. The molecule has 8 heteroatoms. The lowest BCUT2D eigenvalue weighted by Gasteiger charge is -2.55. The van der Waals surface area contributed by atoms with E-state index in [0.29, 0.717) is 18.9 Å². The van der Waals surface area contributed by atoms with Gasteiger partial charge < -0.3 is 10.2 Å². The van der Waals surface area contributed by atoms with Crippen LogP contribution in [0.2, 0.25) is 0 Å². The van der Waals surface area contributed by atoms with E-state index in [4.69, 9.17) is 0 Å². The molecule has 31 heavy (non-hydrogen) atoms. The molecule has 0 saturated carbocycles. The summed E-state index contributed by atoms with van der Waals surface area (Å²) in [7, 11) is 0. The molecule has 3 aliphatic rings. The fourth-order valence-corrected chi connectivity index (χ4v) is 6.38. The molecule has 0 aliphatic carbocycles. The van der Waals surface area contributed by atoms with Crippen LogP contribution in [-0.2, 0) is 22.6 Å².